The van der Waals surface area contributed by atoms with Gasteiger partial charge in [-0.1, -0.05) is 12.8 Å². The second kappa shape index (κ2) is 11.3. The van der Waals surface area contributed by atoms with Crippen LogP contribution in [0.2, 0.25) is 0 Å². The number of aryl methyl sites for hydroxylation is 2. The highest BCUT2D eigenvalue weighted by Gasteiger charge is 2.39. The van der Waals surface area contributed by atoms with Gasteiger partial charge >= 0.3 is 5.97 Å². The molecule has 0 bridgehead atoms. The van der Waals surface area contributed by atoms with E-state index in [2.05, 4.69) is 5.32 Å². The third-order valence-electron chi connectivity index (χ3n) is 8.44. The van der Waals surface area contributed by atoms with Crippen molar-refractivity contribution in [2.75, 3.05) is 33.5 Å². The van der Waals surface area contributed by atoms with Crippen LogP contribution in [0.25, 0.3) is 0 Å². The predicted molar refractivity (Wildman–Crippen MR) is 139 cm³/mol. The van der Waals surface area contributed by atoms with Crippen molar-refractivity contribution in [3.8, 4) is 5.75 Å². The Balaban J connectivity index is 1.27. The van der Waals surface area contributed by atoms with Crippen LogP contribution in [0.3, 0.4) is 0 Å². The molecule has 3 aliphatic rings. The Morgan fingerprint density at radius 1 is 1.24 bits per heavy atom. The molecule has 5 rings (SSSR count). The van der Waals surface area contributed by atoms with Crippen LogP contribution in [-0.2, 0) is 28.9 Å². The van der Waals surface area contributed by atoms with E-state index in [9.17, 15) is 9.59 Å². The van der Waals surface area contributed by atoms with Crippen molar-refractivity contribution < 1.29 is 23.8 Å². The monoisotopic (exact) mass is 509 g/mol. The minimum absolute atomic E-state index is 0.0208. The van der Waals surface area contributed by atoms with E-state index in [1.165, 1.54) is 12.8 Å². The minimum Gasteiger partial charge on any atom is -0.497 e. The minimum atomic E-state index is -0.275. The number of methoxy groups -OCH3 is 1. The Hall–Kier alpha value is -2.87. The van der Waals surface area contributed by atoms with Gasteiger partial charge in [-0.3, -0.25) is 9.48 Å². The Kier molecular flexibility index (Phi) is 7.84. The zero-order valence-corrected chi connectivity index (χ0v) is 22.1. The molecule has 2 fully saturated rings. The van der Waals surface area contributed by atoms with Crippen molar-refractivity contribution in [1.82, 2.24) is 15.1 Å². The van der Waals surface area contributed by atoms with Crippen molar-refractivity contribution in [2.24, 2.45) is 5.41 Å². The zero-order chi connectivity index (χ0) is 25.8. The summed E-state index contributed by atoms with van der Waals surface area (Å²) in [7, 11) is 1.65. The Bertz CT molecular complexity index is 1130. The van der Waals surface area contributed by atoms with Gasteiger partial charge in [-0.2, -0.15) is 5.10 Å². The maximum absolute atomic E-state index is 13.1. The first-order valence-electron chi connectivity index (χ1n) is 13.8. The Morgan fingerprint density at radius 2 is 2.03 bits per heavy atom. The Morgan fingerprint density at radius 3 is 2.76 bits per heavy atom. The highest BCUT2D eigenvalue weighted by atomic mass is 16.5. The van der Waals surface area contributed by atoms with Gasteiger partial charge < -0.3 is 19.5 Å². The number of hydrogen-bond acceptors (Lipinski definition) is 6. The summed E-state index contributed by atoms with van der Waals surface area (Å²) in [5.74, 6) is 0.846. The second-order valence-corrected chi connectivity index (χ2v) is 10.7. The lowest BCUT2D eigenvalue weighted by Crippen LogP contribution is -2.40. The van der Waals surface area contributed by atoms with Gasteiger partial charge in [0.05, 0.1) is 25.0 Å². The van der Waals surface area contributed by atoms with E-state index in [1.54, 1.807) is 7.11 Å². The molecule has 2 aromatic rings. The molecule has 1 aromatic heterocycles. The van der Waals surface area contributed by atoms with Gasteiger partial charge in [0.2, 0.25) is 0 Å². The van der Waals surface area contributed by atoms with E-state index in [0.29, 0.717) is 49.7 Å². The van der Waals surface area contributed by atoms with Gasteiger partial charge in [-0.15, -0.1) is 0 Å². The van der Waals surface area contributed by atoms with Crippen molar-refractivity contribution in [3.05, 3.63) is 46.3 Å². The van der Waals surface area contributed by atoms with Crippen LogP contribution in [-0.4, -0.2) is 55.1 Å². The lowest BCUT2D eigenvalue weighted by atomic mass is 9.75. The lowest BCUT2D eigenvalue weighted by molar-refractivity contribution is 0.0160. The molecule has 8 heteroatoms. The summed E-state index contributed by atoms with van der Waals surface area (Å²) in [6, 6.07) is 5.67. The quantitative estimate of drug-likeness (QED) is 0.418. The fraction of sp³-hybridized carbons (Fsp3) is 0.621. The number of benzene rings is 1. The van der Waals surface area contributed by atoms with E-state index in [0.717, 1.165) is 67.9 Å². The average Bonchev–Trinajstić information content (AvgIpc) is 3.55. The van der Waals surface area contributed by atoms with Crippen molar-refractivity contribution >= 4 is 11.9 Å². The van der Waals surface area contributed by atoms with E-state index < -0.39 is 0 Å². The molecule has 1 N–H and O–H groups in total. The highest BCUT2D eigenvalue weighted by molar-refractivity contribution is 5.95. The average molecular weight is 510 g/mol. The molecule has 3 heterocycles. The number of esters is 1. The molecule has 200 valence electrons. The maximum Gasteiger partial charge on any atom is 0.338 e. The molecule has 1 aliphatic carbocycles. The SMILES string of the molecule is CCn1nc(CCCOC(=O)c2ccc(OC)cc2C2CCCC2)c2c1C(=O)NCC1(CCOCC1)C2. The standard InChI is InChI=1S/C29H39N3O5/c1-3-32-26-24(18-29(19-30-27(26)33)12-15-36-16-13-29)25(31-32)9-6-14-37-28(34)22-11-10-21(35-2)17-23(22)20-7-4-5-8-20/h10-11,17,20H,3-9,12-16,18-19H2,1-2H3,(H,30,33). The van der Waals surface area contributed by atoms with Crippen LogP contribution in [0, 0.1) is 5.41 Å². The first kappa shape index (κ1) is 25.8. The van der Waals surface area contributed by atoms with Crippen LogP contribution >= 0.6 is 0 Å². The number of carbonyl (C=O) groups excluding carboxylic acids is 2. The third kappa shape index (κ3) is 5.40. The number of amides is 1. The summed E-state index contributed by atoms with van der Waals surface area (Å²) >= 11 is 0. The molecule has 1 saturated carbocycles. The summed E-state index contributed by atoms with van der Waals surface area (Å²) in [6.45, 7) is 5.10. The van der Waals surface area contributed by atoms with Gasteiger partial charge in [-0.25, -0.2) is 4.79 Å². The molecule has 0 radical (unpaired) electrons. The third-order valence-corrected chi connectivity index (χ3v) is 8.44. The molecule has 8 nitrogen and oxygen atoms in total. The van der Waals surface area contributed by atoms with Crippen molar-refractivity contribution in [1.29, 1.82) is 0 Å². The van der Waals surface area contributed by atoms with Gasteiger partial charge in [0, 0.05) is 31.9 Å². The molecular weight excluding hydrogens is 470 g/mol. The topological polar surface area (TPSA) is 91.7 Å². The summed E-state index contributed by atoms with van der Waals surface area (Å²) in [5.41, 5.74) is 4.41. The largest absolute Gasteiger partial charge is 0.497 e. The van der Waals surface area contributed by atoms with Crippen LogP contribution in [0.4, 0.5) is 0 Å². The molecule has 1 amide bonds. The summed E-state index contributed by atoms with van der Waals surface area (Å²) in [6.07, 6.45) is 8.61. The molecular formula is C29H39N3O5. The number of fused-ring (bicyclic) bond motifs is 1. The van der Waals surface area contributed by atoms with E-state index in [1.807, 2.05) is 29.8 Å². The van der Waals surface area contributed by atoms with E-state index in [4.69, 9.17) is 19.3 Å². The fourth-order valence-corrected chi connectivity index (χ4v) is 6.28. The lowest BCUT2D eigenvalue weighted by Gasteiger charge is -2.36. The van der Waals surface area contributed by atoms with Crippen LogP contribution < -0.4 is 10.1 Å². The molecule has 1 saturated heterocycles. The van der Waals surface area contributed by atoms with Gasteiger partial charge in [0.15, 0.2) is 0 Å². The van der Waals surface area contributed by atoms with Gasteiger partial charge in [0.1, 0.15) is 11.4 Å². The smallest absolute Gasteiger partial charge is 0.338 e. The van der Waals surface area contributed by atoms with E-state index in [-0.39, 0.29) is 17.3 Å². The van der Waals surface area contributed by atoms with Crippen molar-refractivity contribution in [2.45, 2.75) is 77.2 Å². The van der Waals surface area contributed by atoms with Crippen molar-refractivity contribution in [3.63, 3.8) is 0 Å². The van der Waals surface area contributed by atoms with Gasteiger partial charge in [-0.05, 0) is 87.0 Å². The molecule has 0 unspecified atom stereocenters. The first-order chi connectivity index (χ1) is 18.0. The predicted octanol–water partition coefficient (Wildman–Crippen LogP) is 4.44. The number of rotatable bonds is 8. The Labute approximate surface area is 219 Å². The molecule has 1 spiro atoms. The molecule has 2 aliphatic heterocycles. The molecule has 37 heavy (non-hydrogen) atoms. The maximum atomic E-state index is 13.1. The number of carbonyl (C=O) groups is 2. The van der Waals surface area contributed by atoms with Crippen LogP contribution in [0.15, 0.2) is 18.2 Å². The second-order valence-electron chi connectivity index (χ2n) is 10.7. The number of nitrogens with one attached hydrogen (secondary N) is 1. The van der Waals surface area contributed by atoms with Crippen LogP contribution in [0.5, 0.6) is 5.75 Å². The zero-order valence-electron chi connectivity index (χ0n) is 22.1. The highest BCUT2D eigenvalue weighted by Crippen LogP contribution is 2.39. The number of nitrogens with zero attached hydrogens (tertiary/aromatic N) is 2. The number of hydrogen-bond donors (Lipinski definition) is 1. The normalized spacial score (nSPS) is 19.4. The number of ether oxygens (including phenoxy) is 3. The fourth-order valence-electron chi connectivity index (χ4n) is 6.28. The first-order valence-corrected chi connectivity index (χ1v) is 13.8. The van der Waals surface area contributed by atoms with E-state index >= 15 is 0 Å². The van der Waals surface area contributed by atoms with Crippen LogP contribution in [0.1, 0.15) is 95.5 Å². The molecule has 0 atom stereocenters. The number of aromatic nitrogens is 2. The molecule has 1 aromatic carbocycles. The summed E-state index contributed by atoms with van der Waals surface area (Å²) < 4.78 is 18.6. The van der Waals surface area contributed by atoms with Gasteiger partial charge in [0.25, 0.3) is 5.91 Å². The summed E-state index contributed by atoms with van der Waals surface area (Å²) in [5, 5.41) is 7.96. The summed E-state index contributed by atoms with van der Waals surface area (Å²) in [4.78, 5) is 26.1.